The average molecular weight is 326 g/mol. The first-order chi connectivity index (χ1) is 11.6. The van der Waals surface area contributed by atoms with Gasteiger partial charge in [0.25, 0.3) is 0 Å². The van der Waals surface area contributed by atoms with Gasteiger partial charge in [0.2, 0.25) is 11.8 Å². The zero-order chi connectivity index (χ0) is 17.4. The molecule has 0 saturated carbocycles. The van der Waals surface area contributed by atoms with Gasteiger partial charge in [0.1, 0.15) is 5.75 Å². The van der Waals surface area contributed by atoms with Crippen LogP contribution in [-0.2, 0) is 16.0 Å². The van der Waals surface area contributed by atoms with Crippen LogP contribution in [0.15, 0.2) is 48.5 Å². The second kappa shape index (κ2) is 8.72. The minimum atomic E-state index is -0.125. The molecule has 0 aliphatic carbocycles. The molecule has 5 heteroatoms. The molecule has 0 atom stereocenters. The molecule has 0 unspecified atom stereocenters. The minimum Gasteiger partial charge on any atom is -0.494 e. The molecule has 2 N–H and O–H groups in total. The Balaban J connectivity index is 1.88. The van der Waals surface area contributed by atoms with E-state index in [4.69, 9.17) is 4.74 Å². The van der Waals surface area contributed by atoms with Gasteiger partial charge in [0.15, 0.2) is 0 Å². The zero-order valence-electron chi connectivity index (χ0n) is 14.0. The molecule has 126 valence electrons. The van der Waals surface area contributed by atoms with Crippen molar-refractivity contribution >= 4 is 23.2 Å². The summed E-state index contributed by atoms with van der Waals surface area (Å²) in [7, 11) is 0. The summed E-state index contributed by atoms with van der Waals surface area (Å²) in [6.07, 6.45) is 0.990. The first-order valence-electron chi connectivity index (χ1n) is 7.96. The standard InChI is InChI=1S/C19H22N2O3/c1-3-24-18-7-5-4-6-15(18)8-13-19(23)21-17-11-9-16(10-12-17)20-14(2)22/h4-7,9-12H,3,8,13H2,1-2H3,(H,20,22)(H,21,23). The van der Waals surface area contributed by atoms with Crippen molar-refractivity contribution in [3.05, 3.63) is 54.1 Å². The highest BCUT2D eigenvalue weighted by Crippen LogP contribution is 2.20. The molecule has 0 aliphatic heterocycles. The molecular formula is C19H22N2O3. The van der Waals surface area contributed by atoms with Gasteiger partial charge in [0, 0.05) is 24.7 Å². The summed E-state index contributed by atoms with van der Waals surface area (Å²) in [4.78, 5) is 23.1. The van der Waals surface area contributed by atoms with Crippen molar-refractivity contribution in [2.24, 2.45) is 0 Å². The number of carbonyl (C=O) groups is 2. The van der Waals surface area contributed by atoms with Gasteiger partial charge in [-0.1, -0.05) is 18.2 Å². The summed E-state index contributed by atoms with van der Waals surface area (Å²) in [6, 6.07) is 14.8. The summed E-state index contributed by atoms with van der Waals surface area (Å²) in [6.45, 7) is 3.99. The summed E-state index contributed by atoms with van der Waals surface area (Å²) in [5.74, 6) is 0.640. The Morgan fingerprint density at radius 3 is 2.21 bits per heavy atom. The number of benzene rings is 2. The monoisotopic (exact) mass is 326 g/mol. The molecule has 2 aromatic rings. The highest BCUT2D eigenvalue weighted by Gasteiger charge is 2.07. The van der Waals surface area contributed by atoms with E-state index in [-0.39, 0.29) is 11.8 Å². The smallest absolute Gasteiger partial charge is 0.224 e. The molecule has 0 aromatic heterocycles. The van der Waals surface area contributed by atoms with Gasteiger partial charge in [-0.2, -0.15) is 0 Å². The Labute approximate surface area is 142 Å². The number of hydrogen-bond acceptors (Lipinski definition) is 3. The maximum atomic E-state index is 12.1. The van der Waals surface area contributed by atoms with Crippen molar-refractivity contribution in [2.45, 2.75) is 26.7 Å². The highest BCUT2D eigenvalue weighted by atomic mass is 16.5. The van der Waals surface area contributed by atoms with E-state index in [1.165, 1.54) is 6.92 Å². The van der Waals surface area contributed by atoms with Crippen molar-refractivity contribution < 1.29 is 14.3 Å². The topological polar surface area (TPSA) is 67.4 Å². The third-order valence-corrected chi connectivity index (χ3v) is 3.38. The Morgan fingerprint density at radius 2 is 1.58 bits per heavy atom. The third-order valence-electron chi connectivity index (χ3n) is 3.38. The number of rotatable bonds is 7. The van der Waals surface area contributed by atoms with Crippen molar-refractivity contribution in [3.63, 3.8) is 0 Å². The number of nitrogens with one attached hydrogen (secondary N) is 2. The van der Waals surface area contributed by atoms with Gasteiger partial charge in [-0.15, -0.1) is 0 Å². The molecular weight excluding hydrogens is 304 g/mol. The molecule has 0 heterocycles. The molecule has 5 nitrogen and oxygen atoms in total. The van der Waals surface area contributed by atoms with E-state index in [1.54, 1.807) is 24.3 Å². The van der Waals surface area contributed by atoms with E-state index in [1.807, 2.05) is 31.2 Å². The molecule has 0 spiro atoms. The van der Waals surface area contributed by atoms with Gasteiger partial charge in [-0.25, -0.2) is 0 Å². The first kappa shape index (κ1) is 17.5. The van der Waals surface area contributed by atoms with Crippen LogP contribution < -0.4 is 15.4 Å². The predicted molar refractivity (Wildman–Crippen MR) is 95.3 cm³/mol. The fourth-order valence-electron chi connectivity index (χ4n) is 2.32. The Morgan fingerprint density at radius 1 is 0.958 bits per heavy atom. The normalized spacial score (nSPS) is 10.1. The van der Waals surface area contributed by atoms with E-state index in [2.05, 4.69) is 10.6 Å². The minimum absolute atomic E-state index is 0.0615. The van der Waals surface area contributed by atoms with Gasteiger partial charge in [0.05, 0.1) is 6.61 Å². The van der Waals surface area contributed by atoms with E-state index >= 15 is 0 Å². The van der Waals surface area contributed by atoms with Crippen LogP contribution in [0.3, 0.4) is 0 Å². The van der Waals surface area contributed by atoms with Crippen molar-refractivity contribution in [3.8, 4) is 5.75 Å². The number of aryl methyl sites for hydroxylation is 1. The van der Waals surface area contributed by atoms with E-state index in [0.717, 1.165) is 11.3 Å². The molecule has 2 rings (SSSR count). The lowest BCUT2D eigenvalue weighted by atomic mass is 10.1. The average Bonchev–Trinajstić information content (AvgIpc) is 2.56. The summed E-state index contributed by atoms with van der Waals surface area (Å²) in [5, 5.41) is 5.54. The molecule has 24 heavy (non-hydrogen) atoms. The van der Waals surface area contributed by atoms with Crippen LogP contribution in [0.25, 0.3) is 0 Å². The lowest BCUT2D eigenvalue weighted by Gasteiger charge is -2.10. The summed E-state index contributed by atoms with van der Waals surface area (Å²) >= 11 is 0. The summed E-state index contributed by atoms with van der Waals surface area (Å²) in [5.41, 5.74) is 2.42. The van der Waals surface area contributed by atoms with E-state index < -0.39 is 0 Å². The second-order valence-electron chi connectivity index (χ2n) is 5.35. The van der Waals surface area contributed by atoms with Crippen LogP contribution in [0.1, 0.15) is 25.8 Å². The lowest BCUT2D eigenvalue weighted by molar-refractivity contribution is -0.116. The fraction of sp³-hybridized carbons (Fsp3) is 0.263. The summed E-state index contributed by atoms with van der Waals surface area (Å²) < 4.78 is 5.57. The van der Waals surface area contributed by atoms with Gasteiger partial charge >= 0.3 is 0 Å². The largest absolute Gasteiger partial charge is 0.494 e. The number of para-hydroxylation sites is 1. The lowest BCUT2D eigenvalue weighted by Crippen LogP contribution is -2.13. The van der Waals surface area contributed by atoms with Crippen molar-refractivity contribution in [1.82, 2.24) is 0 Å². The Bertz CT molecular complexity index is 696. The van der Waals surface area contributed by atoms with Gasteiger partial charge in [-0.3, -0.25) is 9.59 Å². The predicted octanol–water partition coefficient (Wildman–Crippen LogP) is 3.62. The number of amides is 2. The van der Waals surface area contributed by atoms with Crippen LogP contribution in [-0.4, -0.2) is 18.4 Å². The maximum Gasteiger partial charge on any atom is 0.224 e. The Kier molecular flexibility index (Phi) is 6.37. The second-order valence-corrected chi connectivity index (χ2v) is 5.35. The van der Waals surface area contributed by atoms with Gasteiger partial charge in [-0.05, 0) is 49.2 Å². The van der Waals surface area contributed by atoms with E-state index in [0.29, 0.717) is 30.8 Å². The van der Waals surface area contributed by atoms with Crippen LogP contribution in [0, 0.1) is 0 Å². The van der Waals surface area contributed by atoms with Crippen LogP contribution in [0.5, 0.6) is 5.75 Å². The molecule has 0 fully saturated rings. The molecule has 2 aromatic carbocycles. The third kappa shape index (κ3) is 5.43. The van der Waals surface area contributed by atoms with Crippen LogP contribution >= 0.6 is 0 Å². The Hall–Kier alpha value is -2.82. The first-order valence-corrected chi connectivity index (χ1v) is 7.96. The molecule has 0 aliphatic rings. The van der Waals surface area contributed by atoms with Crippen molar-refractivity contribution in [2.75, 3.05) is 17.2 Å². The molecule has 2 amide bonds. The zero-order valence-corrected chi connectivity index (χ0v) is 14.0. The van der Waals surface area contributed by atoms with Crippen LogP contribution in [0.2, 0.25) is 0 Å². The SMILES string of the molecule is CCOc1ccccc1CCC(=O)Nc1ccc(NC(C)=O)cc1. The molecule has 0 radical (unpaired) electrons. The number of hydrogen-bond donors (Lipinski definition) is 2. The number of ether oxygens (including phenoxy) is 1. The highest BCUT2D eigenvalue weighted by molar-refractivity contribution is 5.92. The number of carbonyl (C=O) groups excluding carboxylic acids is 2. The van der Waals surface area contributed by atoms with E-state index in [9.17, 15) is 9.59 Å². The number of anilines is 2. The maximum absolute atomic E-state index is 12.1. The molecule has 0 saturated heterocycles. The molecule has 0 bridgehead atoms. The van der Waals surface area contributed by atoms with Gasteiger partial charge < -0.3 is 15.4 Å². The fourth-order valence-corrected chi connectivity index (χ4v) is 2.32. The van der Waals surface area contributed by atoms with Crippen LogP contribution in [0.4, 0.5) is 11.4 Å². The quantitative estimate of drug-likeness (QED) is 0.816. The van der Waals surface area contributed by atoms with Crippen molar-refractivity contribution in [1.29, 1.82) is 0 Å².